The maximum absolute atomic E-state index is 13.9. The van der Waals surface area contributed by atoms with Gasteiger partial charge in [-0.1, -0.05) is 17.7 Å². The molecule has 3 rings (SSSR count). The Labute approximate surface area is 181 Å². The van der Waals surface area contributed by atoms with Crippen molar-refractivity contribution in [1.29, 1.82) is 0 Å². The van der Waals surface area contributed by atoms with Crippen LogP contribution in [-0.4, -0.2) is 55.8 Å². The van der Waals surface area contributed by atoms with Gasteiger partial charge in [0.05, 0.1) is 16.6 Å². The Balaban J connectivity index is 1.62. The summed E-state index contributed by atoms with van der Waals surface area (Å²) in [5, 5.41) is 2.82. The predicted molar refractivity (Wildman–Crippen MR) is 116 cm³/mol. The summed E-state index contributed by atoms with van der Waals surface area (Å²) in [6, 6.07) is 8.64. The number of hydrogen-bond acceptors (Lipinski definition) is 4. The first-order valence-electron chi connectivity index (χ1n) is 9.67. The summed E-state index contributed by atoms with van der Waals surface area (Å²) in [6.45, 7) is 6.91. The number of carbonyl (C=O) groups excluding carboxylic acids is 1. The van der Waals surface area contributed by atoms with E-state index in [2.05, 4.69) is 5.32 Å². The molecule has 0 spiro atoms. The number of benzene rings is 2. The second-order valence-corrected chi connectivity index (χ2v) is 9.85. The van der Waals surface area contributed by atoms with E-state index in [1.807, 2.05) is 18.7 Å². The van der Waals surface area contributed by atoms with Crippen molar-refractivity contribution in [2.75, 3.05) is 31.5 Å². The first kappa shape index (κ1) is 22.7. The maximum atomic E-state index is 13.9. The van der Waals surface area contributed by atoms with E-state index in [1.54, 1.807) is 25.1 Å². The first-order chi connectivity index (χ1) is 14.1. The van der Waals surface area contributed by atoms with Gasteiger partial charge in [0, 0.05) is 31.2 Å². The molecule has 1 heterocycles. The van der Waals surface area contributed by atoms with Gasteiger partial charge in [0.15, 0.2) is 0 Å². The zero-order valence-corrected chi connectivity index (χ0v) is 18.7. The molecule has 9 heteroatoms. The Bertz CT molecular complexity index is 1050. The summed E-state index contributed by atoms with van der Waals surface area (Å²) in [5.74, 6) is -0.964. The Kier molecular flexibility index (Phi) is 6.81. The third-order valence-electron chi connectivity index (χ3n) is 5.51. The van der Waals surface area contributed by atoms with Gasteiger partial charge in [-0.25, -0.2) is 12.8 Å². The van der Waals surface area contributed by atoms with E-state index in [-0.39, 0.29) is 34.6 Å². The van der Waals surface area contributed by atoms with Crippen molar-refractivity contribution in [2.24, 2.45) is 0 Å². The van der Waals surface area contributed by atoms with Gasteiger partial charge in [-0.05, 0) is 62.2 Å². The molecule has 6 nitrogen and oxygen atoms in total. The molecule has 1 fully saturated rings. The van der Waals surface area contributed by atoms with Gasteiger partial charge >= 0.3 is 0 Å². The summed E-state index contributed by atoms with van der Waals surface area (Å²) >= 11 is 5.73. The van der Waals surface area contributed by atoms with Gasteiger partial charge in [0.2, 0.25) is 15.9 Å². The molecule has 0 radical (unpaired) electrons. The molecule has 2 aromatic rings. The van der Waals surface area contributed by atoms with Crippen molar-refractivity contribution in [3.63, 3.8) is 0 Å². The Morgan fingerprint density at radius 1 is 1.07 bits per heavy atom. The molecule has 1 unspecified atom stereocenters. The highest BCUT2D eigenvalue weighted by Gasteiger charge is 2.32. The second kappa shape index (κ2) is 9.01. The molecular formula is C21H25ClFN3O3S. The number of aryl methyl sites for hydroxylation is 2. The van der Waals surface area contributed by atoms with Gasteiger partial charge in [0.25, 0.3) is 0 Å². The summed E-state index contributed by atoms with van der Waals surface area (Å²) in [6.07, 6.45) is 0. The lowest BCUT2D eigenvalue weighted by Gasteiger charge is -2.36. The molecule has 0 aromatic heterocycles. The van der Waals surface area contributed by atoms with E-state index >= 15 is 0 Å². The third kappa shape index (κ3) is 4.83. The zero-order chi connectivity index (χ0) is 22.1. The number of piperazine rings is 1. The van der Waals surface area contributed by atoms with Crippen LogP contribution in [0.2, 0.25) is 5.02 Å². The normalized spacial score (nSPS) is 17.0. The highest BCUT2D eigenvalue weighted by molar-refractivity contribution is 7.89. The number of nitrogens with zero attached hydrogens (tertiary/aromatic N) is 2. The number of anilines is 1. The van der Waals surface area contributed by atoms with Gasteiger partial charge in [-0.2, -0.15) is 4.31 Å². The van der Waals surface area contributed by atoms with Crippen molar-refractivity contribution in [3.8, 4) is 0 Å². The number of sulfonamides is 1. The highest BCUT2D eigenvalue weighted by Crippen LogP contribution is 2.22. The smallest absolute Gasteiger partial charge is 0.243 e. The van der Waals surface area contributed by atoms with Crippen LogP contribution in [0, 0.1) is 19.7 Å². The first-order valence-corrected chi connectivity index (χ1v) is 11.5. The fourth-order valence-corrected chi connectivity index (χ4v) is 5.02. The molecule has 1 amide bonds. The molecule has 30 heavy (non-hydrogen) atoms. The average molecular weight is 454 g/mol. The fourth-order valence-electron chi connectivity index (χ4n) is 3.35. The van der Waals surface area contributed by atoms with Gasteiger partial charge in [-0.3, -0.25) is 9.69 Å². The number of nitrogens with one attached hydrogen (secondary N) is 1. The number of halogens is 2. The minimum atomic E-state index is -3.58. The average Bonchev–Trinajstić information content (AvgIpc) is 2.71. The maximum Gasteiger partial charge on any atom is 0.243 e. The Morgan fingerprint density at radius 3 is 2.33 bits per heavy atom. The van der Waals surface area contributed by atoms with Gasteiger partial charge in [-0.15, -0.1) is 0 Å². The summed E-state index contributed by atoms with van der Waals surface area (Å²) in [7, 11) is -3.58. The quantitative estimate of drug-likeness (QED) is 0.753. The molecule has 0 aliphatic carbocycles. The SMILES string of the molecule is Cc1ccc(S(=O)(=O)N2CCN(C(C)C(=O)Nc3ccc(Cl)cc3F)CC2)cc1C. The van der Waals surface area contributed by atoms with Crippen LogP contribution in [0.4, 0.5) is 10.1 Å². The van der Waals surface area contributed by atoms with E-state index in [0.717, 1.165) is 17.2 Å². The summed E-state index contributed by atoms with van der Waals surface area (Å²) in [5.41, 5.74) is 2.03. The minimum Gasteiger partial charge on any atom is -0.322 e. The van der Waals surface area contributed by atoms with Gasteiger partial charge < -0.3 is 5.32 Å². The van der Waals surface area contributed by atoms with Crippen LogP contribution in [0.15, 0.2) is 41.3 Å². The molecule has 1 N–H and O–H groups in total. The topological polar surface area (TPSA) is 69.7 Å². The molecular weight excluding hydrogens is 429 g/mol. The molecule has 0 bridgehead atoms. The zero-order valence-electron chi connectivity index (χ0n) is 17.2. The minimum absolute atomic E-state index is 0.0622. The molecule has 1 atom stereocenters. The molecule has 162 valence electrons. The number of amides is 1. The van der Waals surface area contributed by atoms with E-state index in [4.69, 9.17) is 11.6 Å². The van der Waals surface area contributed by atoms with Gasteiger partial charge in [0.1, 0.15) is 5.82 Å². The summed E-state index contributed by atoms with van der Waals surface area (Å²) < 4.78 is 41.3. The van der Waals surface area contributed by atoms with Crippen LogP contribution in [0.25, 0.3) is 0 Å². The highest BCUT2D eigenvalue weighted by atomic mass is 35.5. The standard InChI is InChI=1S/C21H25ClFN3O3S/c1-14-4-6-18(12-15(14)2)30(28,29)26-10-8-25(9-11-26)16(3)21(27)24-20-7-5-17(22)13-19(20)23/h4-7,12-13,16H,8-11H2,1-3H3,(H,24,27). The lowest BCUT2D eigenvalue weighted by molar-refractivity contribution is -0.121. The number of carbonyl (C=O) groups is 1. The second-order valence-electron chi connectivity index (χ2n) is 7.48. The number of rotatable bonds is 5. The lowest BCUT2D eigenvalue weighted by atomic mass is 10.1. The van der Waals surface area contributed by atoms with Crippen molar-refractivity contribution >= 4 is 33.2 Å². The largest absolute Gasteiger partial charge is 0.322 e. The van der Waals surface area contributed by atoms with Crippen molar-refractivity contribution < 1.29 is 17.6 Å². The Hall–Kier alpha value is -2.00. The van der Waals surface area contributed by atoms with Crippen LogP contribution >= 0.6 is 11.6 Å². The summed E-state index contributed by atoms with van der Waals surface area (Å²) in [4.78, 5) is 14.7. The van der Waals surface area contributed by atoms with Crippen LogP contribution < -0.4 is 5.32 Å². The fraction of sp³-hybridized carbons (Fsp3) is 0.381. The van der Waals surface area contributed by atoms with Crippen LogP contribution in [0.5, 0.6) is 0 Å². The van der Waals surface area contributed by atoms with Crippen LogP contribution in [0.1, 0.15) is 18.1 Å². The Morgan fingerprint density at radius 2 is 1.73 bits per heavy atom. The van der Waals surface area contributed by atoms with E-state index < -0.39 is 21.9 Å². The molecule has 2 aromatic carbocycles. The lowest BCUT2D eigenvalue weighted by Crippen LogP contribution is -2.53. The van der Waals surface area contributed by atoms with E-state index in [1.165, 1.54) is 16.4 Å². The van der Waals surface area contributed by atoms with Crippen LogP contribution in [-0.2, 0) is 14.8 Å². The predicted octanol–water partition coefficient (Wildman–Crippen LogP) is 3.43. The molecule has 1 aliphatic heterocycles. The van der Waals surface area contributed by atoms with Crippen LogP contribution in [0.3, 0.4) is 0 Å². The molecule has 1 aliphatic rings. The van der Waals surface area contributed by atoms with Crippen molar-refractivity contribution in [2.45, 2.75) is 31.7 Å². The third-order valence-corrected chi connectivity index (χ3v) is 7.64. The molecule has 1 saturated heterocycles. The monoisotopic (exact) mass is 453 g/mol. The number of hydrogen-bond donors (Lipinski definition) is 1. The van der Waals surface area contributed by atoms with E-state index in [0.29, 0.717) is 13.1 Å². The van der Waals surface area contributed by atoms with E-state index in [9.17, 15) is 17.6 Å². The van der Waals surface area contributed by atoms with Crippen molar-refractivity contribution in [3.05, 3.63) is 58.4 Å². The molecule has 0 saturated carbocycles. The van der Waals surface area contributed by atoms with Crippen molar-refractivity contribution in [1.82, 2.24) is 9.21 Å².